The Balaban J connectivity index is 1.48. The molecule has 0 spiro atoms. The van der Waals surface area contributed by atoms with Crippen LogP contribution >= 0.6 is 11.8 Å². The average molecular weight is 327 g/mol. The molecule has 0 bridgehead atoms. The molecule has 3 fully saturated rings. The maximum absolute atomic E-state index is 10.4. The molecule has 1 atom stereocenters. The van der Waals surface area contributed by atoms with Crippen LogP contribution < -0.4 is 10.6 Å². The van der Waals surface area contributed by atoms with Crippen LogP contribution in [0.15, 0.2) is 4.99 Å². The van der Waals surface area contributed by atoms with Gasteiger partial charge in [-0.3, -0.25) is 4.99 Å². The number of rotatable bonds is 5. The van der Waals surface area contributed by atoms with Crippen molar-refractivity contribution < 1.29 is 5.11 Å². The van der Waals surface area contributed by atoms with Crippen molar-refractivity contribution in [3.8, 4) is 0 Å². The van der Waals surface area contributed by atoms with Crippen molar-refractivity contribution in [3.05, 3.63) is 0 Å². The monoisotopic (exact) mass is 326 g/mol. The lowest BCUT2D eigenvalue weighted by Gasteiger charge is -2.33. The van der Waals surface area contributed by atoms with E-state index in [0.717, 1.165) is 36.5 Å². The van der Waals surface area contributed by atoms with Gasteiger partial charge < -0.3 is 20.6 Å². The van der Waals surface area contributed by atoms with Gasteiger partial charge >= 0.3 is 0 Å². The molecule has 2 heterocycles. The van der Waals surface area contributed by atoms with Crippen molar-refractivity contribution in [2.75, 3.05) is 37.7 Å². The molecule has 126 valence electrons. The molecular weight excluding hydrogens is 296 g/mol. The Kier molecular flexibility index (Phi) is 5.52. The molecule has 3 aliphatic rings. The molecule has 6 heteroatoms. The largest absolute Gasteiger partial charge is 0.387 e. The van der Waals surface area contributed by atoms with Gasteiger partial charge in [-0.1, -0.05) is 0 Å². The molecule has 3 N–H and O–H groups in total. The van der Waals surface area contributed by atoms with Gasteiger partial charge in [0.15, 0.2) is 5.96 Å². The number of likely N-dealkylation sites (tertiary alicyclic amines) is 1. The highest BCUT2D eigenvalue weighted by atomic mass is 32.2. The number of aliphatic imine (C=N–C) groups is 1. The zero-order valence-corrected chi connectivity index (χ0v) is 14.5. The number of hydrogen-bond acceptors (Lipinski definition) is 4. The summed E-state index contributed by atoms with van der Waals surface area (Å²) in [5.74, 6) is 2.74. The maximum atomic E-state index is 10.4. The molecule has 0 radical (unpaired) electrons. The van der Waals surface area contributed by atoms with Crippen LogP contribution in [0, 0.1) is 0 Å². The first-order valence-corrected chi connectivity index (χ1v) is 9.93. The molecule has 0 aromatic rings. The minimum atomic E-state index is -0.595. The minimum Gasteiger partial charge on any atom is -0.387 e. The Morgan fingerprint density at radius 3 is 2.68 bits per heavy atom. The van der Waals surface area contributed by atoms with Crippen LogP contribution in [-0.4, -0.2) is 71.3 Å². The number of thioether (sulfide) groups is 1. The molecular formula is C16H30N4OS. The first kappa shape index (κ1) is 16.4. The molecule has 1 unspecified atom stereocenters. The summed E-state index contributed by atoms with van der Waals surface area (Å²) in [7, 11) is 0. The van der Waals surface area contributed by atoms with Gasteiger partial charge in [-0.25, -0.2) is 0 Å². The minimum absolute atomic E-state index is 0.510. The quantitative estimate of drug-likeness (QED) is 0.520. The van der Waals surface area contributed by atoms with Gasteiger partial charge in [0.1, 0.15) is 0 Å². The van der Waals surface area contributed by atoms with E-state index in [1.807, 2.05) is 11.8 Å². The normalized spacial score (nSPS) is 31.5. The maximum Gasteiger partial charge on any atom is 0.191 e. The Bertz CT molecular complexity index is 386. The predicted octanol–water partition coefficient (Wildman–Crippen LogP) is 1.04. The SMILES string of the molecule is CCNC(=NCC1(O)CCSC1)NC1CCN(C2CC2)CC1. The topological polar surface area (TPSA) is 59.9 Å². The molecule has 2 aliphatic heterocycles. The Morgan fingerprint density at radius 2 is 2.09 bits per heavy atom. The number of nitrogens with zero attached hydrogens (tertiary/aromatic N) is 2. The molecule has 5 nitrogen and oxygen atoms in total. The molecule has 1 aliphatic carbocycles. The fraction of sp³-hybridized carbons (Fsp3) is 0.938. The zero-order valence-electron chi connectivity index (χ0n) is 13.7. The van der Waals surface area contributed by atoms with Gasteiger partial charge in [0.05, 0.1) is 12.1 Å². The van der Waals surface area contributed by atoms with E-state index in [2.05, 4.69) is 27.4 Å². The van der Waals surface area contributed by atoms with Gasteiger partial charge in [-0.15, -0.1) is 0 Å². The molecule has 3 rings (SSSR count). The number of guanidine groups is 1. The van der Waals surface area contributed by atoms with Crippen molar-refractivity contribution in [3.63, 3.8) is 0 Å². The lowest BCUT2D eigenvalue weighted by molar-refractivity contribution is 0.0778. The van der Waals surface area contributed by atoms with Crippen molar-refractivity contribution >= 4 is 17.7 Å². The van der Waals surface area contributed by atoms with Crippen molar-refractivity contribution in [1.29, 1.82) is 0 Å². The summed E-state index contributed by atoms with van der Waals surface area (Å²) in [5.41, 5.74) is -0.595. The van der Waals surface area contributed by atoms with E-state index in [1.54, 1.807) is 0 Å². The van der Waals surface area contributed by atoms with E-state index < -0.39 is 5.60 Å². The van der Waals surface area contributed by atoms with Crippen LogP contribution in [-0.2, 0) is 0 Å². The number of aliphatic hydroxyl groups is 1. The van der Waals surface area contributed by atoms with E-state index >= 15 is 0 Å². The third-order valence-electron chi connectivity index (χ3n) is 4.89. The highest BCUT2D eigenvalue weighted by Crippen LogP contribution is 2.29. The fourth-order valence-corrected chi connectivity index (χ4v) is 4.59. The first-order valence-electron chi connectivity index (χ1n) is 8.77. The lowest BCUT2D eigenvalue weighted by atomic mass is 10.0. The van der Waals surface area contributed by atoms with Gasteiger partial charge in [0.2, 0.25) is 0 Å². The van der Waals surface area contributed by atoms with Crippen molar-refractivity contribution in [2.24, 2.45) is 4.99 Å². The second-order valence-corrected chi connectivity index (χ2v) is 8.01. The van der Waals surface area contributed by atoms with Crippen molar-refractivity contribution in [2.45, 2.75) is 56.7 Å². The molecule has 0 amide bonds. The molecule has 0 aromatic carbocycles. The van der Waals surface area contributed by atoms with E-state index in [9.17, 15) is 5.11 Å². The van der Waals surface area contributed by atoms with Crippen LogP contribution in [0.1, 0.15) is 39.0 Å². The summed E-state index contributed by atoms with van der Waals surface area (Å²) in [4.78, 5) is 7.28. The van der Waals surface area contributed by atoms with Gasteiger partial charge in [-0.2, -0.15) is 11.8 Å². The van der Waals surface area contributed by atoms with Gasteiger partial charge in [0, 0.05) is 37.5 Å². The summed E-state index contributed by atoms with van der Waals surface area (Å²) in [6.07, 6.45) is 6.06. The van der Waals surface area contributed by atoms with Crippen LogP contribution in [0.2, 0.25) is 0 Å². The summed E-state index contributed by atoms with van der Waals surface area (Å²) >= 11 is 1.82. The average Bonchev–Trinajstić information content (AvgIpc) is 3.28. The Hall–Kier alpha value is -0.460. The second kappa shape index (κ2) is 7.41. The van der Waals surface area contributed by atoms with Crippen LogP contribution in [0.3, 0.4) is 0 Å². The molecule has 2 saturated heterocycles. The van der Waals surface area contributed by atoms with Crippen LogP contribution in [0.25, 0.3) is 0 Å². The summed E-state index contributed by atoms with van der Waals surface area (Å²) in [6, 6.07) is 1.40. The lowest BCUT2D eigenvalue weighted by Crippen LogP contribution is -2.49. The van der Waals surface area contributed by atoms with E-state index in [-0.39, 0.29) is 0 Å². The van der Waals surface area contributed by atoms with Crippen LogP contribution in [0.5, 0.6) is 0 Å². The summed E-state index contributed by atoms with van der Waals surface area (Å²) < 4.78 is 0. The van der Waals surface area contributed by atoms with E-state index in [4.69, 9.17) is 0 Å². The van der Waals surface area contributed by atoms with Gasteiger partial charge in [0.25, 0.3) is 0 Å². The third kappa shape index (κ3) is 4.52. The highest BCUT2D eigenvalue weighted by Gasteiger charge is 2.33. The summed E-state index contributed by atoms with van der Waals surface area (Å²) in [5, 5.41) is 17.3. The van der Waals surface area contributed by atoms with E-state index in [0.29, 0.717) is 12.6 Å². The standard InChI is InChI=1S/C16H30N4OS/c1-2-17-15(18-11-16(21)7-10-22-12-16)19-13-5-8-20(9-6-13)14-3-4-14/h13-14,21H,2-12H2,1H3,(H2,17,18,19). The predicted molar refractivity (Wildman–Crippen MR) is 93.6 cm³/mol. The van der Waals surface area contributed by atoms with Crippen LogP contribution in [0.4, 0.5) is 0 Å². The Morgan fingerprint density at radius 1 is 1.32 bits per heavy atom. The highest BCUT2D eigenvalue weighted by molar-refractivity contribution is 7.99. The van der Waals surface area contributed by atoms with E-state index in [1.165, 1.54) is 38.8 Å². The molecule has 1 saturated carbocycles. The molecule has 0 aromatic heterocycles. The summed E-state index contributed by atoms with van der Waals surface area (Å²) in [6.45, 7) is 5.88. The second-order valence-electron chi connectivity index (χ2n) is 6.91. The third-order valence-corrected chi connectivity index (χ3v) is 6.13. The first-order chi connectivity index (χ1) is 10.7. The zero-order chi connectivity index (χ0) is 15.4. The number of hydrogen-bond donors (Lipinski definition) is 3. The number of piperidine rings is 1. The van der Waals surface area contributed by atoms with Gasteiger partial charge in [-0.05, 0) is 44.8 Å². The Labute approximate surface area is 138 Å². The number of nitrogens with one attached hydrogen (secondary N) is 2. The molecule has 22 heavy (non-hydrogen) atoms. The van der Waals surface area contributed by atoms with Crippen molar-refractivity contribution in [1.82, 2.24) is 15.5 Å². The fourth-order valence-electron chi connectivity index (χ4n) is 3.31. The smallest absolute Gasteiger partial charge is 0.191 e.